The molecular weight excluding hydrogens is 200 g/mol. The number of hydrogen-bond acceptors (Lipinski definition) is 2. The Morgan fingerprint density at radius 2 is 2.25 bits per heavy atom. The molecule has 1 N–H and O–H groups in total. The van der Waals surface area contributed by atoms with Crippen molar-refractivity contribution in [2.24, 2.45) is 17.8 Å². The first-order valence-electron chi connectivity index (χ1n) is 6.31. The molecule has 0 aromatic rings. The number of rotatable bonds is 3. The van der Waals surface area contributed by atoms with Crippen LogP contribution in [0.3, 0.4) is 0 Å². The van der Waals surface area contributed by atoms with Gasteiger partial charge in [-0.3, -0.25) is 4.79 Å². The van der Waals surface area contributed by atoms with Crippen molar-refractivity contribution in [3.63, 3.8) is 0 Å². The topological polar surface area (TPSA) is 52.9 Å². The van der Waals surface area contributed by atoms with Crippen molar-refractivity contribution in [2.45, 2.75) is 51.5 Å². The number of nitrogens with zero attached hydrogens (tertiary/aromatic N) is 1. The van der Waals surface area contributed by atoms with Crippen LogP contribution in [0.4, 0.5) is 0 Å². The summed E-state index contributed by atoms with van der Waals surface area (Å²) in [5.41, 5.74) is -0.682. The molecule has 0 aliphatic heterocycles. The number of fused-ring (bicyclic) bond motifs is 2. The first-order valence-corrected chi connectivity index (χ1v) is 6.31. The van der Waals surface area contributed by atoms with Crippen molar-refractivity contribution in [1.29, 1.82) is 5.26 Å². The number of hydrogen-bond donors (Lipinski definition) is 1. The maximum Gasteiger partial charge on any atom is 0.224 e. The van der Waals surface area contributed by atoms with E-state index in [1.807, 2.05) is 6.92 Å². The zero-order chi connectivity index (χ0) is 11.8. The number of carbonyl (C=O) groups excluding carboxylic acids is 1. The van der Waals surface area contributed by atoms with Gasteiger partial charge in [0.2, 0.25) is 5.91 Å². The van der Waals surface area contributed by atoms with Crippen molar-refractivity contribution in [3.8, 4) is 6.07 Å². The third-order valence-corrected chi connectivity index (χ3v) is 4.43. The SMILES string of the molecule is CCC(C)(C#N)NC(=O)C1CC2CCC1C2. The van der Waals surface area contributed by atoms with Crippen LogP contribution < -0.4 is 5.32 Å². The highest BCUT2D eigenvalue weighted by atomic mass is 16.2. The second-order valence-corrected chi connectivity index (χ2v) is 5.57. The summed E-state index contributed by atoms with van der Waals surface area (Å²) in [4.78, 5) is 12.1. The molecule has 88 valence electrons. The first-order chi connectivity index (χ1) is 7.58. The summed E-state index contributed by atoms with van der Waals surface area (Å²) >= 11 is 0. The fraction of sp³-hybridized carbons (Fsp3) is 0.846. The monoisotopic (exact) mass is 220 g/mol. The predicted octanol–water partition coefficient (Wildman–Crippen LogP) is 2.23. The largest absolute Gasteiger partial charge is 0.338 e. The lowest BCUT2D eigenvalue weighted by molar-refractivity contribution is -0.127. The molecule has 0 saturated heterocycles. The fourth-order valence-corrected chi connectivity index (χ4v) is 3.13. The van der Waals surface area contributed by atoms with Gasteiger partial charge in [0.25, 0.3) is 0 Å². The standard InChI is InChI=1S/C13H20N2O/c1-3-13(2,8-14)15-12(16)11-7-9-4-5-10(11)6-9/h9-11H,3-7H2,1-2H3,(H,15,16). The van der Waals surface area contributed by atoms with Crippen molar-refractivity contribution < 1.29 is 4.79 Å². The third kappa shape index (κ3) is 1.93. The minimum absolute atomic E-state index is 0.109. The molecule has 0 aromatic heterocycles. The molecule has 0 aromatic carbocycles. The van der Waals surface area contributed by atoms with Gasteiger partial charge in [-0.2, -0.15) is 5.26 Å². The third-order valence-electron chi connectivity index (χ3n) is 4.43. The fourth-order valence-electron chi connectivity index (χ4n) is 3.13. The number of amides is 1. The van der Waals surface area contributed by atoms with E-state index in [0.29, 0.717) is 12.3 Å². The van der Waals surface area contributed by atoms with Crippen LogP contribution in [0.25, 0.3) is 0 Å². The Bertz CT molecular complexity index is 333. The van der Waals surface area contributed by atoms with Crippen LogP contribution >= 0.6 is 0 Å². The molecule has 4 unspecified atom stereocenters. The van der Waals surface area contributed by atoms with Crippen LogP contribution in [-0.2, 0) is 4.79 Å². The van der Waals surface area contributed by atoms with Gasteiger partial charge in [-0.1, -0.05) is 13.3 Å². The Balaban J connectivity index is 1.97. The van der Waals surface area contributed by atoms with Gasteiger partial charge < -0.3 is 5.32 Å². The van der Waals surface area contributed by atoms with Crippen molar-refractivity contribution in [3.05, 3.63) is 0 Å². The molecule has 3 nitrogen and oxygen atoms in total. The van der Waals surface area contributed by atoms with Gasteiger partial charge in [0, 0.05) is 5.92 Å². The summed E-state index contributed by atoms with van der Waals surface area (Å²) in [5.74, 6) is 1.65. The van der Waals surface area contributed by atoms with E-state index in [-0.39, 0.29) is 11.8 Å². The Hall–Kier alpha value is -1.04. The molecule has 2 bridgehead atoms. The van der Waals surface area contributed by atoms with E-state index in [9.17, 15) is 4.79 Å². The van der Waals surface area contributed by atoms with Gasteiger partial charge in [-0.15, -0.1) is 0 Å². The molecule has 3 heteroatoms. The van der Waals surface area contributed by atoms with Gasteiger partial charge in [0.15, 0.2) is 0 Å². The summed E-state index contributed by atoms with van der Waals surface area (Å²) < 4.78 is 0. The molecular formula is C13H20N2O. The molecule has 2 saturated carbocycles. The molecule has 0 radical (unpaired) electrons. The van der Waals surface area contributed by atoms with Gasteiger partial charge >= 0.3 is 0 Å². The summed E-state index contributed by atoms with van der Waals surface area (Å²) in [6.45, 7) is 3.74. The lowest BCUT2D eigenvalue weighted by Gasteiger charge is -2.27. The van der Waals surface area contributed by atoms with Crippen LogP contribution in [0.1, 0.15) is 46.0 Å². The van der Waals surface area contributed by atoms with E-state index in [4.69, 9.17) is 5.26 Å². The molecule has 16 heavy (non-hydrogen) atoms. The predicted molar refractivity (Wildman–Crippen MR) is 61.4 cm³/mol. The normalized spacial score (nSPS) is 35.4. The van der Waals surface area contributed by atoms with Crippen LogP contribution in [-0.4, -0.2) is 11.4 Å². The molecule has 2 fully saturated rings. The molecule has 0 heterocycles. The van der Waals surface area contributed by atoms with Crippen LogP contribution in [0, 0.1) is 29.1 Å². The maximum absolute atomic E-state index is 12.1. The van der Waals surface area contributed by atoms with E-state index >= 15 is 0 Å². The van der Waals surface area contributed by atoms with Gasteiger partial charge in [0.05, 0.1) is 6.07 Å². The van der Waals surface area contributed by atoms with Crippen LogP contribution in [0.2, 0.25) is 0 Å². The van der Waals surface area contributed by atoms with Crippen LogP contribution in [0.5, 0.6) is 0 Å². The minimum atomic E-state index is -0.682. The molecule has 2 aliphatic rings. The number of carbonyl (C=O) groups is 1. The lowest BCUT2D eigenvalue weighted by Crippen LogP contribution is -2.47. The molecule has 2 rings (SSSR count). The van der Waals surface area contributed by atoms with E-state index in [2.05, 4.69) is 11.4 Å². The second-order valence-electron chi connectivity index (χ2n) is 5.57. The second kappa shape index (κ2) is 4.08. The highest BCUT2D eigenvalue weighted by Crippen LogP contribution is 2.48. The minimum Gasteiger partial charge on any atom is -0.338 e. The van der Waals surface area contributed by atoms with E-state index < -0.39 is 5.54 Å². The average molecular weight is 220 g/mol. The Kier molecular flexibility index (Phi) is 2.92. The summed E-state index contributed by atoms with van der Waals surface area (Å²) in [7, 11) is 0. The van der Waals surface area contributed by atoms with Gasteiger partial charge in [0.1, 0.15) is 5.54 Å². The van der Waals surface area contributed by atoms with Gasteiger partial charge in [-0.25, -0.2) is 0 Å². The van der Waals surface area contributed by atoms with E-state index in [1.165, 1.54) is 19.3 Å². The number of nitrogens with one attached hydrogen (secondary N) is 1. The maximum atomic E-state index is 12.1. The quantitative estimate of drug-likeness (QED) is 0.793. The zero-order valence-corrected chi connectivity index (χ0v) is 10.1. The van der Waals surface area contributed by atoms with Gasteiger partial charge in [-0.05, 0) is 44.4 Å². The Labute approximate surface area is 97.2 Å². The highest BCUT2D eigenvalue weighted by molar-refractivity contribution is 5.80. The highest BCUT2D eigenvalue weighted by Gasteiger charge is 2.44. The molecule has 4 atom stereocenters. The van der Waals surface area contributed by atoms with Crippen molar-refractivity contribution in [2.75, 3.05) is 0 Å². The molecule has 1 amide bonds. The van der Waals surface area contributed by atoms with E-state index in [1.54, 1.807) is 6.92 Å². The first kappa shape index (κ1) is 11.4. The van der Waals surface area contributed by atoms with E-state index in [0.717, 1.165) is 12.3 Å². The molecule has 0 spiro atoms. The van der Waals surface area contributed by atoms with Crippen molar-refractivity contribution in [1.82, 2.24) is 5.32 Å². The summed E-state index contributed by atoms with van der Waals surface area (Å²) in [5, 5.41) is 12.0. The lowest BCUT2D eigenvalue weighted by atomic mass is 9.87. The average Bonchev–Trinajstić information content (AvgIpc) is 2.90. The summed E-state index contributed by atoms with van der Waals surface area (Å²) in [6, 6.07) is 2.19. The molecule has 2 aliphatic carbocycles. The number of nitriles is 1. The van der Waals surface area contributed by atoms with Crippen LogP contribution in [0.15, 0.2) is 0 Å². The van der Waals surface area contributed by atoms with Crippen molar-refractivity contribution >= 4 is 5.91 Å². The Morgan fingerprint density at radius 3 is 2.69 bits per heavy atom. The zero-order valence-electron chi connectivity index (χ0n) is 10.1. The smallest absolute Gasteiger partial charge is 0.224 e. The Morgan fingerprint density at radius 1 is 1.50 bits per heavy atom. The summed E-state index contributed by atoms with van der Waals surface area (Å²) in [6.07, 6.45) is 5.45.